The lowest BCUT2D eigenvalue weighted by molar-refractivity contribution is 0.0957. The largest absolute Gasteiger partial charge is 0.367 e. The van der Waals surface area contributed by atoms with E-state index in [-0.39, 0.29) is 17.4 Å². The number of hydrogen-bond donors (Lipinski definition) is 2. The highest BCUT2D eigenvalue weighted by Crippen LogP contribution is 2.22. The second-order valence-corrected chi connectivity index (χ2v) is 6.44. The van der Waals surface area contributed by atoms with Crippen LogP contribution in [-0.4, -0.2) is 60.8 Å². The Bertz CT molecular complexity index is 774. The molecule has 0 spiro atoms. The van der Waals surface area contributed by atoms with Gasteiger partial charge in [0.25, 0.3) is 5.91 Å². The Balaban J connectivity index is 1.58. The van der Waals surface area contributed by atoms with E-state index in [4.69, 9.17) is 0 Å². The lowest BCUT2D eigenvalue weighted by atomic mass is 10.1. The summed E-state index contributed by atoms with van der Waals surface area (Å²) in [5.41, 5.74) is 1.73. The number of carbonyl (C=O) groups is 1. The molecule has 2 aromatic rings. The van der Waals surface area contributed by atoms with E-state index in [9.17, 15) is 9.18 Å². The van der Waals surface area contributed by atoms with Gasteiger partial charge in [0.2, 0.25) is 0 Å². The number of carbonyl (C=O) groups excluding carboxylic acids is 1. The van der Waals surface area contributed by atoms with Crippen molar-refractivity contribution in [3.63, 3.8) is 0 Å². The van der Waals surface area contributed by atoms with Crippen molar-refractivity contribution < 1.29 is 9.18 Å². The molecule has 0 aliphatic carbocycles. The molecule has 1 aromatic carbocycles. The minimum atomic E-state index is -0.286. The zero-order valence-electron chi connectivity index (χ0n) is 15.7. The summed E-state index contributed by atoms with van der Waals surface area (Å²) in [6.07, 6.45) is 0. The fourth-order valence-corrected chi connectivity index (χ4v) is 3.09. The van der Waals surface area contributed by atoms with Crippen LogP contribution in [0, 0.1) is 5.82 Å². The number of likely N-dealkylation sites (N-methyl/N-ethyl adjacent to an activating group) is 1. The molecule has 0 saturated carbocycles. The van der Waals surface area contributed by atoms with Crippen LogP contribution < -0.4 is 15.5 Å². The molecule has 7 nitrogen and oxygen atoms in total. The maximum Gasteiger partial charge on any atom is 0.271 e. The Kier molecular flexibility index (Phi) is 6.18. The standard InChI is InChI=1S/C19H25FN6O/c1-3-25-8-10-26(11-9-25)17-6-4-14(12-15(17)20)13-22-18-7-5-16(23-24-18)19(27)21-2/h4-7,12H,3,8-11,13H2,1-2H3,(H,21,27)(H,22,24). The number of halogens is 1. The normalized spacial score (nSPS) is 14.9. The van der Waals surface area contributed by atoms with Gasteiger partial charge >= 0.3 is 0 Å². The molecule has 3 rings (SSSR count). The zero-order chi connectivity index (χ0) is 19.2. The third-order valence-electron chi connectivity index (χ3n) is 4.77. The summed E-state index contributed by atoms with van der Waals surface area (Å²) in [6, 6.07) is 8.59. The van der Waals surface area contributed by atoms with Crippen molar-refractivity contribution in [3.05, 3.63) is 47.4 Å². The Labute approximate surface area is 158 Å². The molecule has 1 aliphatic rings. The molecule has 0 bridgehead atoms. The first-order valence-electron chi connectivity index (χ1n) is 9.16. The van der Waals surface area contributed by atoms with E-state index < -0.39 is 0 Å². The van der Waals surface area contributed by atoms with Crippen molar-refractivity contribution >= 4 is 17.4 Å². The van der Waals surface area contributed by atoms with E-state index in [0.29, 0.717) is 18.1 Å². The van der Waals surface area contributed by atoms with Gasteiger partial charge in [-0.15, -0.1) is 10.2 Å². The molecule has 1 aliphatic heterocycles. The first-order valence-corrected chi connectivity index (χ1v) is 9.16. The van der Waals surface area contributed by atoms with E-state index in [1.54, 1.807) is 18.2 Å². The molecule has 144 valence electrons. The number of benzene rings is 1. The van der Waals surface area contributed by atoms with Crippen LogP contribution in [0.2, 0.25) is 0 Å². The Morgan fingerprint density at radius 1 is 1.15 bits per heavy atom. The Morgan fingerprint density at radius 3 is 2.52 bits per heavy atom. The van der Waals surface area contributed by atoms with Crippen molar-refractivity contribution in [2.24, 2.45) is 0 Å². The number of nitrogens with one attached hydrogen (secondary N) is 2. The molecule has 2 heterocycles. The summed E-state index contributed by atoms with van der Waals surface area (Å²) < 4.78 is 14.6. The van der Waals surface area contributed by atoms with Crippen LogP contribution in [0.5, 0.6) is 0 Å². The fourth-order valence-electron chi connectivity index (χ4n) is 3.09. The molecule has 1 amide bonds. The summed E-state index contributed by atoms with van der Waals surface area (Å²) in [6.45, 7) is 7.22. The number of hydrogen-bond acceptors (Lipinski definition) is 6. The van der Waals surface area contributed by atoms with Gasteiger partial charge < -0.3 is 20.4 Å². The molecular weight excluding hydrogens is 347 g/mol. The smallest absolute Gasteiger partial charge is 0.271 e. The van der Waals surface area contributed by atoms with Crippen LogP contribution in [-0.2, 0) is 6.54 Å². The minimum absolute atomic E-state index is 0.208. The molecule has 0 unspecified atom stereocenters. The predicted molar refractivity (Wildman–Crippen MR) is 103 cm³/mol. The average Bonchev–Trinajstić information content (AvgIpc) is 2.72. The second-order valence-electron chi connectivity index (χ2n) is 6.44. The quantitative estimate of drug-likeness (QED) is 0.805. The molecule has 8 heteroatoms. The van der Waals surface area contributed by atoms with Gasteiger partial charge in [0, 0.05) is 39.8 Å². The van der Waals surface area contributed by atoms with Gasteiger partial charge in [-0.25, -0.2) is 4.39 Å². The van der Waals surface area contributed by atoms with Gasteiger partial charge in [-0.05, 0) is 36.4 Å². The summed E-state index contributed by atoms with van der Waals surface area (Å²) >= 11 is 0. The molecule has 1 aromatic heterocycles. The SMILES string of the molecule is CCN1CCN(c2ccc(CNc3ccc(C(=O)NC)nn3)cc2F)CC1. The molecule has 0 atom stereocenters. The first kappa shape index (κ1) is 19.0. The van der Waals surface area contributed by atoms with Gasteiger partial charge in [-0.2, -0.15) is 0 Å². The fraction of sp³-hybridized carbons (Fsp3) is 0.421. The van der Waals surface area contributed by atoms with Crippen LogP contribution in [0.1, 0.15) is 23.0 Å². The van der Waals surface area contributed by atoms with E-state index in [1.807, 2.05) is 12.1 Å². The van der Waals surface area contributed by atoms with Crippen molar-refractivity contribution in [2.45, 2.75) is 13.5 Å². The van der Waals surface area contributed by atoms with Crippen LogP contribution in [0.4, 0.5) is 15.9 Å². The van der Waals surface area contributed by atoms with Gasteiger partial charge in [0.05, 0.1) is 5.69 Å². The highest BCUT2D eigenvalue weighted by atomic mass is 19.1. The number of amides is 1. The molecule has 27 heavy (non-hydrogen) atoms. The van der Waals surface area contributed by atoms with Crippen molar-refractivity contribution in [1.82, 2.24) is 20.4 Å². The van der Waals surface area contributed by atoms with Crippen molar-refractivity contribution in [3.8, 4) is 0 Å². The van der Waals surface area contributed by atoms with Gasteiger partial charge in [0.1, 0.15) is 11.6 Å². The van der Waals surface area contributed by atoms with Gasteiger partial charge in [-0.1, -0.05) is 13.0 Å². The third kappa shape index (κ3) is 4.71. The zero-order valence-corrected chi connectivity index (χ0v) is 15.7. The number of nitrogens with zero attached hydrogens (tertiary/aromatic N) is 4. The second kappa shape index (κ2) is 8.77. The maximum atomic E-state index is 14.6. The van der Waals surface area contributed by atoms with E-state index in [0.717, 1.165) is 38.3 Å². The maximum absolute atomic E-state index is 14.6. The van der Waals surface area contributed by atoms with Gasteiger partial charge in [0.15, 0.2) is 5.69 Å². The highest BCUT2D eigenvalue weighted by molar-refractivity contribution is 5.91. The van der Waals surface area contributed by atoms with Gasteiger partial charge in [-0.3, -0.25) is 4.79 Å². The topological polar surface area (TPSA) is 73.4 Å². The third-order valence-corrected chi connectivity index (χ3v) is 4.77. The van der Waals surface area contributed by atoms with Crippen LogP contribution >= 0.6 is 0 Å². The summed E-state index contributed by atoms with van der Waals surface area (Å²) in [7, 11) is 1.54. The van der Waals surface area contributed by atoms with Crippen LogP contribution in [0.15, 0.2) is 30.3 Å². The Morgan fingerprint density at radius 2 is 1.93 bits per heavy atom. The summed E-state index contributed by atoms with van der Waals surface area (Å²) in [5.74, 6) is 0.0367. The molecule has 1 saturated heterocycles. The number of rotatable bonds is 6. The predicted octanol–water partition coefficient (Wildman–Crippen LogP) is 1.73. The van der Waals surface area contributed by atoms with Crippen molar-refractivity contribution in [1.29, 1.82) is 0 Å². The monoisotopic (exact) mass is 372 g/mol. The number of aromatic nitrogens is 2. The van der Waals surface area contributed by atoms with Crippen LogP contribution in [0.25, 0.3) is 0 Å². The Hall–Kier alpha value is -2.74. The first-order chi connectivity index (χ1) is 13.1. The molecule has 1 fully saturated rings. The average molecular weight is 372 g/mol. The summed E-state index contributed by atoms with van der Waals surface area (Å²) in [5, 5.41) is 13.4. The van der Waals surface area contributed by atoms with Crippen LogP contribution in [0.3, 0.4) is 0 Å². The van der Waals surface area contributed by atoms with E-state index in [2.05, 4.69) is 37.6 Å². The number of anilines is 2. The van der Waals surface area contributed by atoms with E-state index in [1.165, 1.54) is 7.05 Å². The van der Waals surface area contributed by atoms with Crippen molar-refractivity contribution in [2.75, 3.05) is 50.0 Å². The molecule has 0 radical (unpaired) electrons. The lowest BCUT2D eigenvalue weighted by Gasteiger charge is -2.35. The molecular formula is C19H25FN6O. The summed E-state index contributed by atoms with van der Waals surface area (Å²) in [4.78, 5) is 15.9. The minimum Gasteiger partial charge on any atom is -0.367 e. The highest BCUT2D eigenvalue weighted by Gasteiger charge is 2.18. The molecule has 2 N–H and O–H groups in total. The van der Waals surface area contributed by atoms with E-state index >= 15 is 0 Å². The lowest BCUT2D eigenvalue weighted by Crippen LogP contribution is -2.46. The number of piperazine rings is 1.